The molecular formula is C55H39NO. The average molecular weight is 747 g/mol. The molecule has 0 aliphatic heterocycles. The van der Waals surface area contributed by atoms with E-state index in [0.29, 0.717) is 11.4 Å². The van der Waals surface area contributed by atoms with Gasteiger partial charge in [0.1, 0.15) is 11.2 Å². The van der Waals surface area contributed by atoms with E-state index in [1.54, 1.807) is 4.90 Å². The molecule has 1 aromatic heterocycles. The molecule has 10 aromatic rings. The molecule has 9 aromatic carbocycles. The monoisotopic (exact) mass is 746 g/mol. The molecule has 1 aliphatic carbocycles. The van der Waals surface area contributed by atoms with Crippen LogP contribution in [0.15, 0.2) is 204 Å². The first kappa shape index (κ1) is 20.1. The summed E-state index contributed by atoms with van der Waals surface area (Å²) in [6, 6.07) is 19.2. The molecule has 0 radical (unpaired) electrons. The normalized spacial score (nSPS) is 17.1. The number of anilines is 3. The zero-order valence-corrected chi connectivity index (χ0v) is 30.6. The molecule has 0 spiro atoms. The van der Waals surface area contributed by atoms with E-state index in [1.165, 1.54) is 0 Å². The molecule has 1 heterocycles. The van der Waals surface area contributed by atoms with Crippen LogP contribution in [0.4, 0.5) is 17.1 Å². The van der Waals surface area contributed by atoms with Crippen LogP contribution in [0, 0.1) is 0 Å². The second-order valence-corrected chi connectivity index (χ2v) is 14.4. The van der Waals surface area contributed by atoms with Crippen LogP contribution < -0.4 is 4.90 Å². The van der Waals surface area contributed by atoms with E-state index in [1.807, 2.05) is 84.9 Å². The molecule has 0 amide bonds. The van der Waals surface area contributed by atoms with Gasteiger partial charge in [-0.25, -0.2) is 0 Å². The lowest BCUT2D eigenvalue weighted by Gasteiger charge is -2.28. The molecule has 0 bridgehead atoms. The van der Waals surface area contributed by atoms with Crippen molar-refractivity contribution in [2.75, 3.05) is 4.90 Å². The molecule has 0 saturated carbocycles. The first-order chi connectivity index (χ1) is 35.1. The van der Waals surface area contributed by atoms with E-state index < -0.39 is 136 Å². The van der Waals surface area contributed by atoms with Gasteiger partial charge in [-0.15, -0.1) is 0 Å². The Balaban J connectivity index is 1.21. The topological polar surface area (TPSA) is 16.4 Å². The van der Waals surface area contributed by atoms with Gasteiger partial charge in [-0.05, 0) is 127 Å². The van der Waals surface area contributed by atoms with Crippen molar-refractivity contribution in [2.45, 2.75) is 19.3 Å². The summed E-state index contributed by atoms with van der Waals surface area (Å²) in [7, 11) is 0. The lowest BCUT2D eigenvalue weighted by molar-refractivity contribution is 0.660. The third-order valence-electron chi connectivity index (χ3n) is 10.7. The Labute approximate surface area is 356 Å². The number of furan rings is 1. The lowest BCUT2D eigenvalue weighted by atomic mass is 9.82. The maximum atomic E-state index is 10.2. The smallest absolute Gasteiger partial charge is 0.136 e. The molecule has 0 N–H and O–H groups in total. The van der Waals surface area contributed by atoms with Crippen LogP contribution in [0.2, 0.25) is 0 Å². The maximum absolute atomic E-state index is 10.2. The minimum atomic E-state index is -0.859. The molecule has 57 heavy (non-hydrogen) atoms. The largest absolute Gasteiger partial charge is 0.456 e. The van der Waals surface area contributed by atoms with Crippen LogP contribution in [0.1, 0.15) is 48.3 Å². The van der Waals surface area contributed by atoms with E-state index in [2.05, 4.69) is 26.0 Å². The summed E-state index contributed by atoms with van der Waals surface area (Å²) < 4.78 is 160. The Kier molecular flexibility index (Phi) is 4.58. The van der Waals surface area contributed by atoms with E-state index in [-0.39, 0.29) is 32.8 Å². The van der Waals surface area contributed by atoms with Crippen molar-refractivity contribution in [3.05, 3.63) is 211 Å². The van der Waals surface area contributed by atoms with Crippen molar-refractivity contribution >= 4 is 49.8 Å². The van der Waals surface area contributed by atoms with Crippen molar-refractivity contribution in [3.63, 3.8) is 0 Å². The van der Waals surface area contributed by atoms with Gasteiger partial charge in [0.25, 0.3) is 0 Å². The fourth-order valence-corrected chi connectivity index (χ4v) is 7.91. The average Bonchev–Trinajstić information content (AvgIpc) is 3.93. The van der Waals surface area contributed by atoms with Gasteiger partial charge in [-0.3, -0.25) is 0 Å². The highest BCUT2D eigenvalue weighted by Crippen LogP contribution is 2.51. The maximum Gasteiger partial charge on any atom is 0.136 e. The summed E-state index contributed by atoms with van der Waals surface area (Å²) in [4.78, 5) is 1.70. The quantitative estimate of drug-likeness (QED) is 0.168. The summed E-state index contributed by atoms with van der Waals surface area (Å²) in [5, 5.41) is -0.908. The van der Waals surface area contributed by atoms with E-state index in [0.717, 1.165) is 33.4 Å². The second kappa shape index (κ2) is 13.0. The summed E-state index contributed by atoms with van der Waals surface area (Å²) >= 11 is 0. The van der Waals surface area contributed by atoms with Gasteiger partial charge >= 0.3 is 0 Å². The van der Waals surface area contributed by atoms with Crippen LogP contribution in [0.3, 0.4) is 0 Å². The Hall–Kier alpha value is -7.16. The second-order valence-electron chi connectivity index (χ2n) is 14.4. The standard InChI is InChI=1S/C55H39NO/c1-55(2)50-19-10-9-18-46(50)47-30-28-45(35-51(47)55)56(43-25-20-38(21-26-43)36-12-5-3-6-13-36)44-27-22-39-24-31-52-54(49(39)34-44)48-29-23-42(33-53(48)57-52)41-17-11-16-40(32-41)37-14-7-4-8-15-37/h3-35H,1-2H3/i4D,7D,8D,11D,14D,15D,16D,17D,22D,23D,24D,27D,29D,31D,32D,33D,34D. The molecule has 270 valence electrons. The van der Waals surface area contributed by atoms with Gasteiger partial charge in [-0.2, -0.15) is 0 Å². The van der Waals surface area contributed by atoms with Gasteiger partial charge in [0.05, 0.1) is 23.3 Å². The number of hydrogen-bond acceptors (Lipinski definition) is 2. The minimum Gasteiger partial charge on any atom is -0.456 e. The SMILES string of the molecule is [2H]c1c([2H])c([2H])c(-c2c([2H])c([2H])c([2H])c(-c3c([2H])c([2H])c4c(oc5c([2H])c([2H])c6c([2H])c([2H])c(N(c7ccc(-c8ccccc8)cc7)c7ccc8c(c7)C(C)(C)c7ccccc7-8)c([2H])c6c54)c3[2H])c2[2H])c([2H])c1[2H]. The van der Waals surface area contributed by atoms with Gasteiger partial charge in [0, 0.05) is 33.2 Å². The number of benzene rings is 9. The molecule has 0 fully saturated rings. The minimum absolute atomic E-state index is 0.0901. The molecule has 2 heteroatoms. The van der Waals surface area contributed by atoms with E-state index >= 15 is 0 Å². The third kappa shape index (κ3) is 5.48. The highest BCUT2D eigenvalue weighted by atomic mass is 16.3. The first-order valence-electron chi connectivity index (χ1n) is 26.9. The summed E-state index contributed by atoms with van der Waals surface area (Å²) in [5.41, 5.74) is 3.15. The number of fused-ring (bicyclic) bond motifs is 8. The van der Waals surface area contributed by atoms with E-state index in [4.69, 9.17) is 15.4 Å². The molecule has 0 unspecified atom stereocenters. The molecule has 2 nitrogen and oxygen atoms in total. The van der Waals surface area contributed by atoms with Gasteiger partial charge in [-0.1, -0.05) is 153 Å². The Morgan fingerprint density at radius 1 is 0.456 bits per heavy atom. The van der Waals surface area contributed by atoms with Crippen LogP contribution in [-0.4, -0.2) is 0 Å². The van der Waals surface area contributed by atoms with Crippen molar-refractivity contribution in [1.29, 1.82) is 0 Å². The van der Waals surface area contributed by atoms with Crippen LogP contribution in [0.5, 0.6) is 0 Å². The molecule has 11 rings (SSSR count). The fourth-order valence-electron chi connectivity index (χ4n) is 7.91. The number of nitrogens with zero attached hydrogens (tertiary/aromatic N) is 1. The van der Waals surface area contributed by atoms with Crippen LogP contribution in [-0.2, 0) is 5.41 Å². The molecule has 0 atom stereocenters. The third-order valence-corrected chi connectivity index (χ3v) is 10.7. The van der Waals surface area contributed by atoms with Gasteiger partial charge in [0.15, 0.2) is 0 Å². The fraction of sp³-hybridized carbons (Fsp3) is 0.0545. The highest BCUT2D eigenvalue weighted by molar-refractivity contribution is 6.19. The van der Waals surface area contributed by atoms with Crippen LogP contribution >= 0.6 is 0 Å². The first-order valence-corrected chi connectivity index (χ1v) is 18.4. The summed E-state index contributed by atoms with van der Waals surface area (Å²) in [6.45, 7) is 4.24. The summed E-state index contributed by atoms with van der Waals surface area (Å²) in [6.07, 6.45) is 0. The Morgan fingerprint density at radius 2 is 1.14 bits per heavy atom. The summed E-state index contributed by atoms with van der Waals surface area (Å²) in [5.74, 6) is 0. The zero-order valence-electron chi connectivity index (χ0n) is 47.6. The van der Waals surface area contributed by atoms with Crippen molar-refractivity contribution in [3.8, 4) is 44.5 Å². The predicted molar refractivity (Wildman–Crippen MR) is 240 cm³/mol. The van der Waals surface area contributed by atoms with Crippen molar-refractivity contribution in [2.24, 2.45) is 0 Å². The van der Waals surface area contributed by atoms with Crippen molar-refractivity contribution in [1.82, 2.24) is 0 Å². The van der Waals surface area contributed by atoms with Gasteiger partial charge in [0.2, 0.25) is 0 Å². The zero-order chi connectivity index (χ0) is 52.9. The Morgan fingerprint density at radius 3 is 1.98 bits per heavy atom. The Bertz CT molecular complexity index is 4100. The lowest BCUT2D eigenvalue weighted by Crippen LogP contribution is -2.16. The van der Waals surface area contributed by atoms with Gasteiger partial charge < -0.3 is 9.32 Å². The molecule has 1 aliphatic rings. The van der Waals surface area contributed by atoms with Crippen molar-refractivity contribution < 1.29 is 27.7 Å². The van der Waals surface area contributed by atoms with E-state index in [9.17, 15) is 12.3 Å². The number of hydrogen-bond donors (Lipinski definition) is 0. The predicted octanol–water partition coefficient (Wildman–Crippen LogP) is 15.5. The molecule has 0 saturated heterocycles. The number of rotatable bonds is 6. The highest BCUT2D eigenvalue weighted by Gasteiger charge is 2.35. The van der Waals surface area contributed by atoms with Crippen LogP contribution in [0.25, 0.3) is 77.2 Å². The molecular weight excluding hydrogens is 691 g/mol.